The predicted octanol–water partition coefficient (Wildman–Crippen LogP) is 0.0812. The Morgan fingerprint density at radius 1 is 1.22 bits per heavy atom. The molecule has 0 radical (unpaired) electrons. The normalized spacial score (nSPS) is 17.1. The van der Waals surface area contributed by atoms with Gasteiger partial charge in [0.05, 0.1) is 25.3 Å². The van der Waals surface area contributed by atoms with Gasteiger partial charge in [0.2, 0.25) is 0 Å². The topological polar surface area (TPSA) is 60.2 Å². The quantitative estimate of drug-likeness (QED) is 0.751. The van der Waals surface area contributed by atoms with Crippen molar-refractivity contribution in [2.24, 2.45) is 0 Å². The van der Waals surface area contributed by atoms with E-state index in [1.54, 1.807) is 12.1 Å². The van der Waals surface area contributed by atoms with E-state index in [4.69, 9.17) is 4.74 Å². The summed E-state index contributed by atoms with van der Waals surface area (Å²) in [7, 11) is 0. The van der Waals surface area contributed by atoms with Crippen LogP contribution < -0.4 is 5.56 Å². The number of ether oxygens (including phenoxy) is 1. The third kappa shape index (κ3) is 2.12. The van der Waals surface area contributed by atoms with Crippen molar-refractivity contribution in [3.63, 3.8) is 0 Å². The number of hydrogen-bond donors (Lipinski definition) is 0. The van der Waals surface area contributed by atoms with E-state index >= 15 is 0 Å². The fourth-order valence-corrected chi connectivity index (χ4v) is 2.05. The lowest BCUT2D eigenvalue weighted by Gasteiger charge is -2.26. The van der Waals surface area contributed by atoms with Crippen molar-refractivity contribution >= 4 is 10.9 Å². The van der Waals surface area contributed by atoms with Crippen LogP contribution >= 0.6 is 0 Å². The molecule has 2 heterocycles. The fraction of sp³-hybridized carbons (Fsp3) is 0.417. The zero-order chi connectivity index (χ0) is 12.4. The van der Waals surface area contributed by atoms with E-state index in [2.05, 4.69) is 15.2 Å². The molecular formula is C12H14N4O2. The number of hydrogen-bond acceptors (Lipinski definition) is 5. The average Bonchev–Trinajstić information content (AvgIpc) is 2.43. The molecule has 2 aromatic rings. The molecule has 0 aliphatic carbocycles. The molecule has 1 saturated heterocycles. The minimum atomic E-state index is -0.0907. The maximum absolute atomic E-state index is 12.2. The van der Waals surface area contributed by atoms with Crippen LogP contribution in [0.3, 0.4) is 0 Å². The van der Waals surface area contributed by atoms with Crippen LogP contribution in [0.15, 0.2) is 29.1 Å². The molecule has 18 heavy (non-hydrogen) atoms. The first-order valence-corrected chi connectivity index (χ1v) is 5.97. The van der Waals surface area contributed by atoms with Gasteiger partial charge in [0.15, 0.2) is 0 Å². The van der Waals surface area contributed by atoms with E-state index in [0.717, 1.165) is 13.1 Å². The number of morpholine rings is 1. The summed E-state index contributed by atoms with van der Waals surface area (Å²) < 4.78 is 6.68. The Morgan fingerprint density at radius 2 is 2.00 bits per heavy atom. The highest BCUT2D eigenvalue weighted by atomic mass is 16.5. The second kappa shape index (κ2) is 4.83. The number of rotatable bonds is 2. The summed E-state index contributed by atoms with van der Waals surface area (Å²) in [5.74, 6) is 0. The molecule has 0 atom stereocenters. The Balaban J connectivity index is 1.92. The Hall–Kier alpha value is -1.79. The van der Waals surface area contributed by atoms with Gasteiger partial charge in [-0.25, -0.2) is 0 Å². The minimum Gasteiger partial charge on any atom is -0.379 e. The molecule has 6 heteroatoms. The fourth-order valence-electron chi connectivity index (χ4n) is 2.05. The highest BCUT2D eigenvalue weighted by Crippen LogP contribution is 2.04. The summed E-state index contributed by atoms with van der Waals surface area (Å²) >= 11 is 0. The van der Waals surface area contributed by atoms with Crippen molar-refractivity contribution in [1.82, 2.24) is 19.9 Å². The SMILES string of the molecule is O=c1c2ccccc2nnn1CN1CCOCC1. The molecule has 0 N–H and O–H groups in total. The summed E-state index contributed by atoms with van der Waals surface area (Å²) in [6, 6.07) is 7.26. The maximum atomic E-state index is 12.2. The lowest BCUT2D eigenvalue weighted by Crippen LogP contribution is -2.41. The molecule has 3 rings (SSSR count). The predicted molar refractivity (Wildman–Crippen MR) is 66.2 cm³/mol. The van der Waals surface area contributed by atoms with Crippen LogP contribution in [-0.2, 0) is 11.4 Å². The first kappa shape index (κ1) is 11.3. The number of fused-ring (bicyclic) bond motifs is 1. The first-order chi connectivity index (χ1) is 8.84. The van der Waals surface area contributed by atoms with Gasteiger partial charge in [-0.05, 0) is 12.1 Å². The maximum Gasteiger partial charge on any atom is 0.278 e. The first-order valence-electron chi connectivity index (χ1n) is 5.97. The molecule has 94 valence electrons. The van der Waals surface area contributed by atoms with Crippen LogP contribution in [0.5, 0.6) is 0 Å². The molecule has 6 nitrogen and oxygen atoms in total. The smallest absolute Gasteiger partial charge is 0.278 e. The van der Waals surface area contributed by atoms with E-state index in [0.29, 0.717) is 30.8 Å². The second-order valence-electron chi connectivity index (χ2n) is 4.28. The molecule has 1 aromatic carbocycles. The van der Waals surface area contributed by atoms with E-state index in [9.17, 15) is 4.79 Å². The van der Waals surface area contributed by atoms with Gasteiger partial charge in [-0.1, -0.05) is 17.3 Å². The van der Waals surface area contributed by atoms with Gasteiger partial charge in [0, 0.05) is 13.1 Å². The molecule has 0 saturated carbocycles. The van der Waals surface area contributed by atoms with Crippen molar-refractivity contribution in [3.05, 3.63) is 34.6 Å². The van der Waals surface area contributed by atoms with Gasteiger partial charge in [-0.2, -0.15) is 4.68 Å². The third-order valence-electron chi connectivity index (χ3n) is 3.07. The lowest BCUT2D eigenvalue weighted by atomic mass is 10.2. The van der Waals surface area contributed by atoms with Crippen molar-refractivity contribution < 1.29 is 4.74 Å². The summed E-state index contributed by atoms with van der Waals surface area (Å²) in [5, 5.41) is 8.65. The van der Waals surface area contributed by atoms with Gasteiger partial charge in [-0.3, -0.25) is 9.69 Å². The molecule has 1 aromatic heterocycles. The minimum absolute atomic E-state index is 0.0907. The highest BCUT2D eigenvalue weighted by molar-refractivity contribution is 5.76. The van der Waals surface area contributed by atoms with Crippen LogP contribution in [0, 0.1) is 0 Å². The molecular weight excluding hydrogens is 232 g/mol. The molecule has 0 spiro atoms. The largest absolute Gasteiger partial charge is 0.379 e. The van der Waals surface area contributed by atoms with Crippen molar-refractivity contribution in [2.45, 2.75) is 6.67 Å². The zero-order valence-electron chi connectivity index (χ0n) is 9.95. The summed E-state index contributed by atoms with van der Waals surface area (Å²) in [6.07, 6.45) is 0. The molecule has 0 unspecified atom stereocenters. The van der Waals surface area contributed by atoms with Gasteiger partial charge in [0.25, 0.3) is 5.56 Å². The Labute approximate surface area is 104 Å². The molecule has 0 bridgehead atoms. The Kier molecular flexibility index (Phi) is 3.04. The van der Waals surface area contributed by atoms with Crippen LogP contribution in [-0.4, -0.2) is 46.2 Å². The van der Waals surface area contributed by atoms with Crippen molar-refractivity contribution in [2.75, 3.05) is 26.3 Å². The molecule has 1 fully saturated rings. The van der Waals surface area contributed by atoms with E-state index in [1.165, 1.54) is 4.68 Å². The number of benzene rings is 1. The van der Waals surface area contributed by atoms with E-state index < -0.39 is 0 Å². The van der Waals surface area contributed by atoms with Crippen molar-refractivity contribution in [1.29, 1.82) is 0 Å². The standard InChI is InChI=1S/C12H14N4O2/c17-12-10-3-1-2-4-11(10)13-14-16(12)9-15-5-7-18-8-6-15/h1-4H,5-9H2. The van der Waals surface area contributed by atoms with Crippen LogP contribution in [0.1, 0.15) is 0 Å². The van der Waals surface area contributed by atoms with Crippen LogP contribution in [0.4, 0.5) is 0 Å². The summed E-state index contributed by atoms with van der Waals surface area (Å²) in [4.78, 5) is 14.3. The summed E-state index contributed by atoms with van der Waals surface area (Å²) in [6.45, 7) is 3.52. The highest BCUT2D eigenvalue weighted by Gasteiger charge is 2.13. The van der Waals surface area contributed by atoms with E-state index in [-0.39, 0.29) is 5.56 Å². The summed E-state index contributed by atoms with van der Waals surface area (Å²) in [5.41, 5.74) is 0.549. The zero-order valence-corrected chi connectivity index (χ0v) is 9.95. The number of nitrogens with zero attached hydrogens (tertiary/aromatic N) is 4. The Bertz CT molecular complexity index is 604. The van der Waals surface area contributed by atoms with Crippen LogP contribution in [0.2, 0.25) is 0 Å². The van der Waals surface area contributed by atoms with Crippen LogP contribution in [0.25, 0.3) is 10.9 Å². The molecule has 1 aliphatic heterocycles. The molecule has 1 aliphatic rings. The van der Waals surface area contributed by atoms with Crippen molar-refractivity contribution in [3.8, 4) is 0 Å². The molecule has 0 amide bonds. The monoisotopic (exact) mass is 246 g/mol. The van der Waals surface area contributed by atoms with Gasteiger partial charge in [0.1, 0.15) is 5.52 Å². The van der Waals surface area contributed by atoms with Gasteiger partial charge in [-0.15, -0.1) is 5.10 Å². The van der Waals surface area contributed by atoms with Gasteiger partial charge < -0.3 is 4.74 Å². The Morgan fingerprint density at radius 3 is 2.83 bits per heavy atom. The number of aromatic nitrogens is 3. The van der Waals surface area contributed by atoms with E-state index in [1.807, 2.05) is 12.1 Å². The lowest BCUT2D eigenvalue weighted by molar-refractivity contribution is 0.0200. The van der Waals surface area contributed by atoms with Gasteiger partial charge >= 0.3 is 0 Å². The second-order valence-corrected chi connectivity index (χ2v) is 4.28. The average molecular weight is 246 g/mol. The third-order valence-corrected chi connectivity index (χ3v) is 3.07.